The van der Waals surface area contributed by atoms with Crippen LogP contribution < -0.4 is 10.2 Å². The Morgan fingerprint density at radius 2 is 2.33 bits per heavy atom. The van der Waals surface area contributed by atoms with Gasteiger partial charge >= 0.3 is 0 Å². The van der Waals surface area contributed by atoms with Gasteiger partial charge in [0.2, 0.25) is 5.91 Å². The van der Waals surface area contributed by atoms with Crippen molar-refractivity contribution in [2.24, 2.45) is 7.05 Å². The second-order valence-corrected chi connectivity index (χ2v) is 5.60. The lowest BCUT2D eigenvalue weighted by molar-refractivity contribution is -0.116. The van der Waals surface area contributed by atoms with Crippen molar-refractivity contribution in [1.82, 2.24) is 19.9 Å². The van der Waals surface area contributed by atoms with Crippen molar-refractivity contribution in [1.29, 1.82) is 0 Å². The first kappa shape index (κ1) is 15.7. The maximum Gasteiger partial charge on any atom is 0.225 e. The van der Waals surface area contributed by atoms with Crippen LogP contribution >= 0.6 is 11.3 Å². The van der Waals surface area contributed by atoms with Gasteiger partial charge in [0.25, 0.3) is 0 Å². The number of aromatic nitrogens is 3. The molecule has 2 aromatic rings. The van der Waals surface area contributed by atoms with Gasteiger partial charge in [-0.15, -0.1) is 11.3 Å². The summed E-state index contributed by atoms with van der Waals surface area (Å²) in [5.41, 5.74) is 0.967. The number of nitrogens with zero attached hydrogens (tertiary/aromatic N) is 4. The van der Waals surface area contributed by atoms with E-state index in [0.717, 1.165) is 29.6 Å². The zero-order valence-corrected chi connectivity index (χ0v) is 13.5. The molecule has 114 valence electrons. The van der Waals surface area contributed by atoms with Crippen molar-refractivity contribution in [2.45, 2.75) is 26.8 Å². The predicted octanol–water partition coefficient (Wildman–Crippen LogP) is 1.58. The number of carbonyl (C=O) groups excluding carboxylic acids is 1. The second kappa shape index (κ2) is 7.33. The number of rotatable bonds is 7. The third-order valence-electron chi connectivity index (χ3n) is 3.22. The fourth-order valence-corrected chi connectivity index (χ4v) is 2.98. The van der Waals surface area contributed by atoms with Crippen molar-refractivity contribution in [3.8, 4) is 0 Å². The molecule has 0 aliphatic heterocycles. The van der Waals surface area contributed by atoms with Crippen molar-refractivity contribution in [3.05, 3.63) is 29.3 Å². The number of hydrogen-bond donors (Lipinski definition) is 1. The van der Waals surface area contributed by atoms with Crippen LogP contribution in [0.25, 0.3) is 0 Å². The Morgan fingerprint density at radius 1 is 1.52 bits per heavy atom. The maximum absolute atomic E-state index is 11.5. The molecule has 0 spiro atoms. The third kappa shape index (κ3) is 4.12. The largest absolute Gasteiger partial charge is 0.338 e. The summed E-state index contributed by atoms with van der Waals surface area (Å²) in [6.45, 7) is 5.72. The average Bonchev–Trinajstić information content (AvgIpc) is 3.05. The molecule has 0 saturated heterocycles. The van der Waals surface area contributed by atoms with Gasteiger partial charge in [0, 0.05) is 57.8 Å². The molecule has 2 aromatic heterocycles. The van der Waals surface area contributed by atoms with Gasteiger partial charge < -0.3 is 9.88 Å². The van der Waals surface area contributed by atoms with E-state index >= 15 is 0 Å². The van der Waals surface area contributed by atoms with Gasteiger partial charge in [-0.3, -0.25) is 9.69 Å². The first-order chi connectivity index (χ1) is 10.1. The minimum atomic E-state index is 0.0288. The number of imidazole rings is 1. The SMILES string of the molecule is CCN(C(C)=O)c1nc(CNCCc2nccn2C)cs1. The molecule has 0 radical (unpaired) electrons. The minimum Gasteiger partial charge on any atom is -0.338 e. The van der Waals surface area contributed by atoms with E-state index in [1.165, 1.54) is 11.3 Å². The average molecular weight is 307 g/mol. The summed E-state index contributed by atoms with van der Waals surface area (Å²) in [4.78, 5) is 21.9. The van der Waals surface area contributed by atoms with E-state index in [9.17, 15) is 4.79 Å². The third-order valence-corrected chi connectivity index (χ3v) is 4.13. The summed E-state index contributed by atoms with van der Waals surface area (Å²) in [6.07, 6.45) is 4.64. The van der Waals surface area contributed by atoms with Crippen molar-refractivity contribution >= 4 is 22.4 Å². The molecule has 2 rings (SSSR count). The van der Waals surface area contributed by atoms with Crippen LogP contribution in [0, 0.1) is 0 Å². The van der Waals surface area contributed by atoms with Gasteiger partial charge in [-0.2, -0.15) is 0 Å². The van der Waals surface area contributed by atoms with Gasteiger partial charge in [0.05, 0.1) is 5.69 Å². The molecule has 21 heavy (non-hydrogen) atoms. The van der Waals surface area contributed by atoms with Gasteiger partial charge in [-0.25, -0.2) is 9.97 Å². The summed E-state index contributed by atoms with van der Waals surface area (Å²) >= 11 is 1.51. The molecular formula is C14H21N5OS. The van der Waals surface area contributed by atoms with E-state index in [2.05, 4.69) is 15.3 Å². The Bertz CT molecular complexity index is 592. The van der Waals surface area contributed by atoms with Crippen LogP contribution in [0.5, 0.6) is 0 Å². The molecule has 0 atom stereocenters. The van der Waals surface area contributed by atoms with Gasteiger partial charge in [-0.05, 0) is 6.92 Å². The molecule has 1 N–H and O–H groups in total. The summed E-state index contributed by atoms with van der Waals surface area (Å²) in [7, 11) is 2.00. The number of hydrogen-bond acceptors (Lipinski definition) is 5. The van der Waals surface area contributed by atoms with E-state index in [-0.39, 0.29) is 5.91 Å². The molecule has 0 aliphatic rings. The number of aryl methyl sites for hydroxylation is 1. The van der Waals surface area contributed by atoms with Crippen LogP contribution in [0.1, 0.15) is 25.4 Å². The molecule has 1 amide bonds. The van der Waals surface area contributed by atoms with Crippen LogP contribution in [0.15, 0.2) is 17.8 Å². The van der Waals surface area contributed by atoms with Gasteiger partial charge in [0.15, 0.2) is 5.13 Å². The second-order valence-electron chi connectivity index (χ2n) is 4.77. The Balaban J connectivity index is 1.80. The highest BCUT2D eigenvalue weighted by Gasteiger charge is 2.13. The van der Waals surface area contributed by atoms with Gasteiger partial charge in [0.1, 0.15) is 5.82 Å². The van der Waals surface area contributed by atoms with Crippen LogP contribution in [-0.4, -0.2) is 33.5 Å². The Morgan fingerprint density at radius 3 is 2.95 bits per heavy atom. The van der Waals surface area contributed by atoms with E-state index in [1.54, 1.807) is 11.8 Å². The molecular weight excluding hydrogens is 286 g/mol. The number of thiazole rings is 1. The molecule has 0 fully saturated rings. The van der Waals surface area contributed by atoms with Gasteiger partial charge in [-0.1, -0.05) is 0 Å². The van der Waals surface area contributed by atoms with Crippen LogP contribution in [-0.2, 0) is 24.8 Å². The highest BCUT2D eigenvalue weighted by atomic mass is 32.1. The number of nitrogens with one attached hydrogen (secondary N) is 1. The van der Waals surface area contributed by atoms with E-state index in [4.69, 9.17) is 0 Å². The summed E-state index contributed by atoms with van der Waals surface area (Å²) in [5, 5.41) is 6.12. The first-order valence-electron chi connectivity index (χ1n) is 7.01. The summed E-state index contributed by atoms with van der Waals surface area (Å²) in [5.74, 6) is 1.09. The number of carbonyl (C=O) groups is 1. The zero-order valence-electron chi connectivity index (χ0n) is 12.7. The van der Waals surface area contributed by atoms with Crippen molar-refractivity contribution in [3.63, 3.8) is 0 Å². The minimum absolute atomic E-state index is 0.0288. The quantitative estimate of drug-likeness (QED) is 0.789. The Labute approximate surface area is 128 Å². The lowest BCUT2D eigenvalue weighted by atomic mass is 10.4. The molecule has 0 aliphatic carbocycles. The molecule has 0 unspecified atom stereocenters. The fourth-order valence-electron chi connectivity index (χ4n) is 2.05. The highest BCUT2D eigenvalue weighted by Crippen LogP contribution is 2.20. The smallest absolute Gasteiger partial charge is 0.225 e. The molecule has 2 heterocycles. The first-order valence-corrected chi connectivity index (χ1v) is 7.89. The molecule has 6 nitrogen and oxygen atoms in total. The predicted molar refractivity (Wildman–Crippen MR) is 84.4 cm³/mol. The Kier molecular flexibility index (Phi) is 5.46. The standard InChI is InChI=1S/C14H21N5OS/c1-4-19(11(2)20)14-17-12(10-21-14)9-15-6-5-13-16-7-8-18(13)3/h7-8,10,15H,4-6,9H2,1-3H3. The van der Waals surface area contributed by atoms with Crippen LogP contribution in [0.2, 0.25) is 0 Å². The number of anilines is 1. The lowest BCUT2D eigenvalue weighted by Gasteiger charge is -2.14. The molecule has 0 bridgehead atoms. The highest BCUT2D eigenvalue weighted by molar-refractivity contribution is 7.14. The lowest BCUT2D eigenvalue weighted by Crippen LogP contribution is -2.27. The fraction of sp³-hybridized carbons (Fsp3) is 0.500. The monoisotopic (exact) mass is 307 g/mol. The van der Waals surface area contributed by atoms with Crippen LogP contribution in [0.3, 0.4) is 0 Å². The maximum atomic E-state index is 11.5. The van der Waals surface area contributed by atoms with Crippen molar-refractivity contribution in [2.75, 3.05) is 18.0 Å². The summed E-state index contributed by atoms with van der Waals surface area (Å²) in [6, 6.07) is 0. The topological polar surface area (TPSA) is 63.1 Å². The zero-order chi connectivity index (χ0) is 15.2. The summed E-state index contributed by atoms with van der Waals surface area (Å²) < 4.78 is 2.02. The van der Waals surface area contributed by atoms with E-state index in [1.807, 2.05) is 36.3 Å². The molecule has 7 heteroatoms. The number of amides is 1. The van der Waals surface area contributed by atoms with Crippen molar-refractivity contribution < 1.29 is 4.79 Å². The molecule has 0 aromatic carbocycles. The van der Waals surface area contributed by atoms with Crippen LogP contribution in [0.4, 0.5) is 5.13 Å². The normalized spacial score (nSPS) is 10.8. The molecule has 0 saturated carbocycles. The van der Waals surface area contributed by atoms with E-state index in [0.29, 0.717) is 13.1 Å². The van der Waals surface area contributed by atoms with E-state index < -0.39 is 0 Å². The Hall–Kier alpha value is -1.73.